The molecule has 2 rings (SSSR count). The van der Waals surface area contributed by atoms with Gasteiger partial charge >= 0.3 is 0 Å². The van der Waals surface area contributed by atoms with Crippen LogP contribution in [0, 0.1) is 17.8 Å². The number of carbonyl (C=O) groups is 1. The van der Waals surface area contributed by atoms with Crippen LogP contribution in [0.4, 0.5) is 0 Å². The Morgan fingerprint density at radius 3 is 2.44 bits per heavy atom. The van der Waals surface area contributed by atoms with Gasteiger partial charge in [0.1, 0.15) is 0 Å². The third kappa shape index (κ3) is 3.05. The zero-order valence-electron chi connectivity index (χ0n) is 12.3. The molecule has 3 nitrogen and oxygen atoms in total. The summed E-state index contributed by atoms with van der Waals surface area (Å²) >= 11 is 0. The summed E-state index contributed by atoms with van der Waals surface area (Å²) in [5.41, 5.74) is 0. The Hall–Kier alpha value is -0.570. The number of amides is 1. The van der Waals surface area contributed by atoms with E-state index in [9.17, 15) is 4.79 Å². The van der Waals surface area contributed by atoms with Crippen LogP contribution >= 0.6 is 0 Å². The molecule has 1 aliphatic carbocycles. The smallest absolute Gasteiger partial charge is 0.217 e. The van der Waals surface area contributed by atoms with E-state index < -0.39 is 0 Å². The molecule has 18 heavy (non-hydrogen) atoms. The molecule has 1 N–H and O–H groups in total. The number of rotatable bonds is 3. The Morgan fingerprint density at radius 1 is 1.28 bits per heavy atom. The van der Waals surface area contributed by atoms with Crippen LogP contribution < -0.4 is 5.32 Å². The lowest BCUT2D eigenvalue weighted by atomic mass is 9.77. The molecule has 0 aromatic heterocycles. The van der Waals surface area contributed by atoms with Crippen molar-refractivity contribution in [3.05, 3.63) is 0 Å². The number of hydrogen-bond donors (Lipinski definition) is 1. The molecule has 1 aliphatic heterocycles. The first kappa shape index (κ1) is 13.9. The Bertz CT molecular complexity index is 303. The molecule has 2 fully saturated rings. The Balaban J connectivity index is 1.99. The molecule has 0 radical (unpaired) electrons. The molecule has 2 aliphatic rings. The van der Waals surface area contributed by atoms with Crippen LogP contribution in [0.2, 0.25) is 0 Å². The van der Waals surface area contributed by atoms with Gasteiger partial charge < -0.3 is 5.32 Å². The normalized spacial score (nSPS) is 37.4. The highest BCUT2D eigenvalue weighted by Crippen LogP contribution is 2.35. The largest absolute Gasteiger partial charge is 0.352 e. The number of carbonyl (C=O) groups excluding carboxylic acids is 1. The minimum Gasteiger partial charge on any atom is -0.352 e. The molecule has 104 valence electrons. The Kier molecular flexibility index (Phi) is 4.31. The topological polar surface area (TPSA) is 32.3 Å². The maximum Gasteiger partial charge on any atom is 0.217 e. The molecule has 4 unspecified atom stereocenters. The first-order valence-corrected chi connectivity index (χ1v) is 7.48. The van der Waals surface area contributed by atoms with Gasteiger partial charge in [-0.05, 0) is 37.0 Å². The number of hydrogen-bond acceptors (Lipinski definition) is 2. The number of nitrogens with zero attached hydrogens (tertiary/aromatic N) is 1. The highest BCUT2D eigenvalue weighted by Gasteiger charge is 2.38. The number of piperidine rings is 1. The van der Waals surface area contributed by atoms with Crippen molar-refractivity contribution in [2.45, 2.75) is 59.0 Å². The van der Waals surface area contributed by atoms with E-state index in [1.165, 1.54) is 19.4 Å². The zero-order chi connectivity index (χ0) is 13.3. The molecule has 1 amide bonds. The third-order valence-electron chi connectivity index (χ3n) is 4.91. The van der Waals surface area contributed by atoms with Crippen LogP contribution in [0.15, 0.2) is 0 Å². The quantitative estimate of drug-likeness (QED) is 0.835. The van der Waals surface area contributed by atoms with E-state index in [1.807, 2.05) is 0 Å². The van der Waals surface area contributed by atoms with Gasteiger partial charge in [0, 0.05) is 32.1 Å². The lowest BCUT2D eigenvalue weighted by Crippen LogP contribution is -2.57. The summed E-state index contributed by atoms with van der Waals surface area (Å²) in [4.78, 5) is 13.9. The van der Waals surface area contributed by atoms with Gasteiger partial charge in [-0.2, -0.15) is 0 Å². The van der Waals surface area contributed by atoms with Crippen LogP contribution in [0.5, 0.6) is 0 Å². The van der Waals surface area contributed by atoms with Crippen LogP contribution in [-0.4, -0.2) is 36.0 Å². The van der Waals surface area contributed by atoms with Gasteiger partial charge in [0.05, 0.1) is 0 Å². The fraction of sp³-hybridized carbons (Fsp3) is 0.933. The standard InChI is InChI=1S/C15H28N2O/c1-10(2)13-7-14(16-12(4)18)9-17(8-13)15-6-5-11(15)3/h10-11,13-15H,5-9H2,1-4H3,(H,16,18). The minimum absolute atomic E-state index is 0.117. The van der Waals surface area contributed by atoms with Crippen LogP contribution in [-0.2, 0) is 4.79 Å². The second kappa shape index (κ2) is 5.60. The summed E-state index contributed by atoms with van der Waals surface area (Å²) < 4.78 is 0. The molecular weight excluding hydrogens is 224 g/mol. The van der Waals surface area contributed by atoms with E-state index in [0.717, 1.165) is 30.8 Å². The first-order valence-electron chi connectivity index (χ1n) is 7.48. The van der Waals surface area contributed by atoms with Gasteiger partial charge in [-0.1, -0.05) is 20.8 Å². The van der Waals surface area contributed by atoms with Crippen LogP contribution in [0.25, 0.3) is 0 Å². The van der Waals surface area contributed by atoms with Gasteiger partial charge in [0.15, 0.2) is 0 Å². The van der Waals surface area contributed by atoms with Gasteiger partial charge in [0.25, 0.3) is 0 Å². The van der Waals surface area contributed by atoms with Gasteiger partial charge in [0.2, 0.25) is 5.91 Å². The molecule has 4 atom stereocenters. The van der Waals surface area contributed by atoms with Crippen molar-refractivity contribution in [1.29, 1.82) is 0 Å². The van der Waals surface area contributed by atoms with E-state index in [0.29, 0.717) is 12.0 Å². The molecule has 1 saturated heterocycles. The Morgan fingerprint density at radius 2 is 2.00 bits per heavy atom. The fourth-order valence-electron chi connectivity index (χ4n) is 3.51. The lowest BCUT2D eigenvalue weighted by molar-refractivity contribution is -0.120. The fourth-order valence-corrected chi connectivity index (χ4v) is 3.51. The van der Waals surface area contributed by atoms with Crippen molar-refractivity contribution < 1.29 is 4.79 Å². The summed E-state index contributed by atoms with van der Waals surface area (Å²) in [5.74, 6) is 2.39. The molecule has 0 bridgehead atoms. The van der Waals surface area contributed by atoms with Crippen molar-refractivity contribution in [3.8, 4) is 0 Å². The highest BCUT2D eigenvalue weighted by atomic mass is 16.1. The summed E-state index contributed by atoms with van der Waals surface area (Å²) in [7, 11) is 0. The molecule has 1 saturated carbocycles. The first-order chi connectivity index (χ1) is 8.47. The predicted molar refractivity (Wildman–Crippen MR) is 74.3 cm³/mol. The number of likely N-dealkylation sites (tertiary alicyclic amines) is 1. The summed E-state index contributed by atoms with van der Waals surface area (Å²) in [6, 6.07) is 1.12. The summed E-state index contributed by atoms with van der Waals surface area (Å²) in [6.07, 6.45) is 3.87. The van der Waals surface area contributed by atoms with E-state index in [4.69, 9.17) is 0 Å². The molecule has 3 heteroatoms. The van der Waals surface area contributed by atoms with Crippen molar-refractivity contribution in [1.82, 2.24) is 10.2 Å². The zero-order valence-corrected chi connectivity index (χ0v) is 12.3. The summed E-state index contributed by atoms with van der Waals surface area (Å²) in [5, 5.41) is 3.13. The van der Waals surface area contributed by atoms with Crippen LogP contribution in [0.1, 0.15) is 47.0 Å². The highest BCUT2D eigenvalue weighted by molar-refractivity contribution is 5.73. The second-order valence-electron chi connectivity index (χ2n) is 6.71. The molecule has 0 spiro atoms. The van der Waals surface area contributed by atoms with Gasteiger partial charge in [-0.25, -0.2) is 0 Å². The SMILES string of the molecule is CC(=O)NC1CC(C(C)C)CN(C2CCC2C)C1. The monoisotopic (exact) mass is 252 g/mol. The Labute approximate surface area is 111 Å². The lowest BCUT2D eigenvalue weighted by Gasteiger charge is -2.49. The van der Waals surface area contributed by atoms with E-state index in [-0.39, 0.29) is 5.91 Å². The van der Waals surface area contributed by atoms with Gasteiger partial charge in [-0.3, -0.25) is 9.69 Å². The maximum absolute atomic E-state index is 11.3. The molecule has 0 aromatic rings. The van der Waals surface area contributed by atoms with E-state index >= 15 is 0 Å². The van der Waals surface area contributed by atoms with E-state index in [2.05, 4.69) is 31.0 Å². The van der Waals surface area contributed by atoms with Gasteiger partial charge in [-0.15, -0.1) is 0 Å². The molecule has 0 aromatic carbocycles. The average molecular weight is 252 g/mol. The van der Waals surface area contributed by atoms with Crippen LogP contribution in [0.3, 0.4) is 0 Å². The molecule has 1 heterocycles. The third-order valence-corrected chi connectivity index (χ3v) is 4.91. The van der Waals surface area contributed by atoms with Crippen molar-refractivity contribution in [3.63, 3.8) is 0 Å². The van der Waals surface area contributed by atoms with Crippen molar-refractivity contribution in [2.75, 3.05) is 13.1 Å². The maximum atomic E-state index is 11.3. The predicted octanol–water partition coefficient (Wildman–Crippen LogP) is 2.27. The van der Waals surface area contributed by atoms with E-state index in [1.54, 1.807) is 6.92 Å². The average Bonchev–Trinajstić information content (AvgIpc) is 2.25. The summed E-state index contributed by atoms with van der Waals surface area (Å²) in [6.45, 7) is 10.9. The second-order valence-corrected chi connectivity index (χ2v) is 6.71. The molecular formula is C15H28N2O. The minimum atomic E-state index is 0.117. The van der Waals surface area contributed by atoms with Crippen molar-refractivity contribution >= 4 is 5.91 Å². The van der Waals surface area contributed by atoms with Crippen molar-refractivity contribution in [2.24, 2.45) is 17.8 Å². The number of nitrogens with one attached hydrogen (secondary N) is 1.